The number of hydrogen-bond acceptors (Lipinski definition) is 1. The summed E-state index contributed by atoms with van der Waals surface area (Å²) >= 11 is 0. The second kappa shape index (κ2) is 5.14. The van der Waals surface area contributed by atoms with Gasteiger partial charge >= 0.3 is 0 Å². The molecule has 0 bridgehead atoms. The number of carbonyl (C=O) groups is 1. The van der Waals surface area contributed by atoms with Crippen LogP contribution in [-0.4, -0.2) is 5.78 Å². The smallest absolute Gasteiger partial charge is 0.193 e. The molecule has 1 nitrogen and oxygen atoms in total. The predicted octanol–water partition coefficient (Wildman–Crippen LogP) is 3.29. The van der Waals surface area contributed by atoms with E-state index in [0.717, 1.165) is 5.56 Å². The Morgan fingerprint density at radius 3 is 2.06 bits per heavy atom. The molecule has 0 N–H and O–H groups in total. The molecule has 0 heterocycles. The van der Waals surface area contributed by atoms with E-state index in [4.69, 9.17) is 0 Å². The zero-order valence-corrected chi connectivity index (χ0v) is 9.60. The average Bonchev–Trinajstić information content (AvgIpc) is 2.40. The average molecular weight is 220 g/mol. The van der Waals surface area contributed by atoms with E-state index in [9.17, 15) is 4.79 Å². The lowest BCUT2D eigenvalue weighted by atomic mass is 10.0. The van der Waals surface area contributed by atoms with Crippen molar-refractivity contribution in [1.29, 1.82) is 0 Å². The molecule has 0 aromatic heterocycles. The molecule has 2 aromatic rings. The highest BCUT2D eigenvalue weighted by Gasteiger charge is 2.07. The first-order chi connectivity index (χ1) is 8.31. The molecule has 0 spiro atoms. The van der Waals surface area contributed by atoms with E-state index in [0.29, 0.717) is 11.1 Å². The summed E-state index contributed by atoms with van der Waals surface area (Å²) in [6.07, 6.45) is 0. The number of benzene rings is 2. The van der Waals surface area contributed by atoms with E-state index < -0.39 is 0 Å². The molecular weight excluding hydrogens is 208 g/mol. The standard InChI is InChI=1S/C16H12O/c1-2-6-13-9-11-15(12-10-13)16(17)14-7-4-3-5-8-14/h3-5,7-12H,1H3. The molecule has 0 aliphatic rings. The van der Waals surface area contributed by atoms with Crippen LogP contribution in [-0.2, 0) is 0 Å². The monoisotopic (exact) mass is 220 g/mol. The number of rotatable bonds is 2. The van der Waals surface area contributed by atoms with Gasteiger partial charge in [-0.25, -0.2) is 0 Å². The third kappa shape index (κ3) is 2.62. The topological polar surface area (TPSA) is 17.1 Å². The summed E-state index contributed by atoms with van der Waals surface area (Å²) < 4.78 is 0. The largest absolute Gasteiger partial charge is 0.289 e. The molecule has 2 rings (SSSR count). The Hall–Kier alpha value is -2.33. The van der Waals surface area contributed by atoms with Gasteiger partial charge in [0.2, 0.25) is 0 Å². The maximum absolute atomic E-state index is 12.1. The summed E-state index contributed by atoms with van der Waals surface area (Å²) in [4.78, 5) is 12.1. The molecule has 0 fully saturated rings. The molecule has 82 valence electrons. The minimum atomic E-state index is 0.0432. The maximum atomic E-state index is 12.1. The summed E-state index contributed by atoms with van der Waals surface area (Å²) in [7, 11) is 0. The van der Waals surface area contributed by atoms with Crippen LogP contribution in [0.2, 0.25) is 0 Å². The Morgan fingerprint density at radius 2 is 1.47 bits per heavy atom. The summed E-state index contributed by atoms with van der Waals surface area (Å²) in [5.74, 6) is 5.82. The normalized spacial score (nSPS) is 9.24. The summed E-state index contributed by atoms with van der Waals surface area (Å²) in [5.41, 5.74) is 2.33. The Kier molecular flexibility index (Phi) is 3.37. The lowest BCUT2D eigenvalue weighted by Gasteiger charge is -2.00. The van der Waals surface area contributed by atoms with Gasteiger partial charge in [0.05, 0.1) is 0 Å². The minimum absolute atomic E-state index is 0.0432. The number of carbonyl (C=O) groups excluding carboxylic acids is 1. The van der Waals surface area contributed by atoms with Gasteiger partial charge in [-0.2, -0.15) is 0 Å². The van der Waals surface area contributed by atoms with Crippen LogP contribution >= 0.6 is 0 Å². The van der Waals surface area contributed by atoms with Crippen LogP contribution in [0.5, 0.6) is 0 Å². The zero-order chi connectivity index (χ0) is 12.1. The number of ketones is 1. The van der Waals surface area contributed by atoms with Gasteiger partial charge < -0.3 is 0 Å². The van der Waals surface area contributed by atoms with E-state index in [-0.39, 0.29) is 5.78 Å². The van der Waals surface area contributed by atoms with Crippen molar-refractivity contribution < 1.29 is 4.79 Å². The molecule has 0 saturated heterocycles. The Bertz CT molecular complexity index is 568. The van der Waals surface area contributed by atoms with Crippen molar-refractivity contribution in [2.24, 2.45) is 0 Å². The minimum Gasteiger partial charge on any atom is -0.289 e. The van der Waals surface area contributed by atoms with Gasteiger partial charge in [-0.3, -0.25) is 4.79 Å². The van der Waals surface area contributed by atoms with Crippen LogP contribution in [0.4, 0.5) is 0 Å². The van der Waals surface area contributed by atoms with Crippen LogP contribution < -0.4 is 0 Å². The van der Waals surface area contributed by atoms with Gasteiger partial charge in [-0.1, -0.05) is 36.3 Å². The van der Waals surface area contributed by atoms with Crippen molar-refractivity contribution in [3.63, 3.8) is 0 Å². The van der Waals surface area contributed by atoms with Gasteiger partial charge in [0, 0.05) is 16.7 Å². The van der Waals surface area contributed by atoms with E-state index >= 15 is 0 Å². The van der Waals surface area contributed by atoms with Crippen molar-refractivity contribution in [1.82, 2.24) is 0 Å². The maximum Gasteiger partial charge on any atom is 0.193 e. The molecule has 0 aliphatic carbocycles. The van der Waals surface area contributed by atoms with Gasteiger partial charge in [0.15, 0.2) is 5.78 Å². The second-order valence-electron chi connectivity index (χ2n) is 3.65. The van der Waals surface area contributed by atoms with E-state index in [2.05, 4.69) is 11.8 Å². The van der Waals surface area contributed by atoms with Crippen LogP contribution in [0.3, 0.4) is 0 Å². The van der Waals surface area contributed by atoms with E-state index in [1.165, 1.54) is 0 Å². The van der Waals surface area contributed by atoms with Crippen molar-refractivity contribution in [3.05, 3.63) is 71.3 Å². The summed E-state index contributed by atoms with van der Waals surface area (Å²) in [6.45, 7) is 1.79. The predicted molar refractivity (Wildman–Crippen MR) is 68.9 cm³/mol. The fourth-order valence-electron chi connectivity index (χ4n) is 1.61. The molecule has 0 atom stereocenters. The molecule has 17 heavy (non-hydrogen) atoms. The SMILES string of the molecule is CC#Cc1ccc(C(=O)c2ccccc2)cc1. The van der Waals surface area contributed by atoms with Gasteiger partial charge in [-0.15, -0.1) is 5.92 Å². The van der Waals surface area contributed by atoms with Gasteiger partial charge in [-0.05, 0) is 31.2 Å². The third-order valence-corrected chi connectivity index (χ3v) is 2.45. The Labute approximate surface area is 101 Å². The molecule has 2 aromatic carbocycles. The first-order valence-electron chi connectivity index (χ1n) is 5.44. The highest BCUT2D eigenvalue weighted by molar-refractivity contribution is 6.08. The highest BCUT2D eigenvalue weighted by Crippen LogP contribution is 2.10. The first-order valence-corrected chi connectivity index (χ1v) is 5.44. The Morgan fingerprint density at radius 1 is 0.882 bits per heavy atom. The molecule has 0 unspecified atom stereocenters. The lowest BCUT2D eigenvalue weighted by molar-refractivity contribution is 0.103. The van der Waals surface area contributed by atoms with Crippen molar-refractivity contribution in [2.75, 3.05) is 0 Å². The molecular formula is C16H12O. The first kappa shape index (κ1) is 11.2. The highest BCUT2D eigenvalue weighted by atomic mass is 16.1. The van der Waals surface area contributed by atoms with Crippen LogP contribution in [0.15, 0.2) is 54.6 Å². The molecule has 1 heteroatoms. The second-order valence-corrected chi connectivity index (χ2v) is 3.65. The summed E-state index contributed by atoms with van der Waals surface area (Å²) in [5, 5.41) is 0. The molecule has 0 radical (unpaired) electrons. The lowest BCUT2D eigenvalue weighted by Crippen LogP contribution is -2.00. The summed E-state index contributed by atoms with van der Waals surface area (Å²) in [6, 6.07) is 16.6. The zero-order valence-electron chi connectivity index (χ0n) is 9.60. The van der Waals surface area contributed by atoms with Crippen molar-refractivity contribution in [2.45, 2.75) is 6.92 Å². The van der Waals surface area contributed by atoms with Crippen molar-refractivity contribution in [3.8, 4) is 11.8 Å². The number of hydrogen-bond donors (Lipinski definition) is 0. The molecule has 0 aliphatic heterocycles. The van der Waals surface area contributed by atoms with Crippen LogP contribution in [0.25, 0.3) is 0 Å². The van der Waals surface area contributed by atoms with Gasteiger partial charge in [0.25, 0.3) is 0 Å². The fourth-order valence-corrected chi connectivity index (χ4v) is 1.61. The Balaban J connectivity index is 2.28. The molecule has 0 saturated carbocycles. The molecule has 0 amide bonds. The van der Waals surface area contributed by atoms with Gasteiger partial charge in [0.1, 0.15) is 0 Å². The van der Waals surface area contributed by atoms with Crippen molar-refractivity contribution >= 4 is 5.78 Å². The van der Waals surface area contributed by atoms with Crippen LogP contribution in [0, 0.1) is 11.8 Å². The third-order valence-electron chi connectivity index (χ3n) is 2.45. The fraction of sp³-hybridized carbons (Fsp3) is 0.0625. The van der Waals surface area contributed by atoms with E-state index in [1.54, 1.807) is 6.92 Å². The van der Waals surface area contributed by atoms with E-state index in [1.807, 2.05) is 54.6 Å². The quantitative estimate of drug-likeness (QED) is 0.560. The van der Waals surface area contributed by atoms with Crippen LogP contribution in [0.1, 0.15) is 28.4 Å².